The third kappa shape index (κ3) is 3.64. The van der Waals surface area contributed by atoms with Crippen LogP contribution in [0.25, 0.3) is 33.2 Å². The molecule has 0 atom stereocenters. The fourth-order valence-corrected chi connectivity index (χ4v) is 6.14. The Labute approximate surface area is 247 Å². The van der Waals surface area contributed by atoms with Crippen LogP contribution < -0.4 is 9.64 Å². The zero-order valence-electron chi connectivity index (χ0n) is 22.1. The van der Waals surface area contributed by atoms with Gasteiger partial charge in [0.15, 0.2) is 11.5 Å². The zero-order chi connectivity index (χ0) is 26.1. The molecule has 0 saturated carbocycles. The number of anilines is 3. The Morgan fingerprint density at radius 3 is 2.33 bits per heavy atom. The summed E-state index contributed by atoms with van der Waals surface area (Å²) in [5, 5.41) is 2.31. The summed E-state index contributed by atoms with van der Waals surface area (Å²) in [5.74, 6) is 1.74. The maximum Gasteiger partial charge on any atom is 0.152 e. The van der Waals surface area contributed by atoms with Crippen LogP contribution in [0, 0.1) is 6.07 Å². The summed E-state index contributed by atoms with van der Waals surface area (Å²) in [6.07, 6.45) is 1.94. The maximum atomic E-state index is 6.60. The molecule has 0 bridgehead atoms. The van der Waals surface area contributed by atoms with Crippen molar-refractivity contribution in [3.05, 3.63) is 133 Å². The summed E-state index contributed by atoms with van der Waals surface area (Å²) in [6.45, 7) is 4.62. The molecule has 0 unspecified atom stereocenters. The van der Waals surface area contributed by atoms with Crippen molar-refractivity contribution in [2.24, 2.45) is 0 Å². The predicted octanol–water partition coefficient (Wildman–Crippen LogP) is 9.58. The Hall–Kier alpha value is -4.24. The molecule has 0 aliphatic carbocycles. The first-order valence-corrected chi connectivity index (χ1v) is 13.3. The first-order chi connectivity index (χ1) is 19.1. The van der Waals surface area contributed by atoms with E-state index in [2.05, 4.69) is 110 Å². The Kier molecular flexibility index (Phi) is 5.67. The van der Waals surface area contributed by atoms with E-state index in [0.717, 1.165) is 50.6 Å². The molecule has 0 fully saturated rings. The zero-order valence-corrected chi connectivity index (χ0v) is 24.5. The Morgan fingerprint density at radius 1 is 0.700 bits per heavy atom. The van der Waals surface area contributed by atoms with Crippen molar-refractivity contribution < 1.29 is 24.8 Å². The molecule has 5 aromatic carbocycles. The molecule has 6 aromatic rings. The van der Waals surface area contributed by atoms with E-state index in [1.807, 2.05) is 30.5 Å². The van der Waals surface area contributed by atoms with Gasteiger partial charge in [0.1, 0.15) is 0 Å². The summed E-state index contributed by atoms with van der Waals surface area (Å²) in [7, 11) is 0. The van der Waals surface area contributed by atoms with Crippen molar-refractivity contribution in [3.8, 4) is 33.9 Å². The van der Waals surface area contributed by atoms with Crippen molar-refractivity contribution in [2.75, 3.05) is 4.90 Å². The SMILES string of the molecule is CC1(C)c2ccccc2N2c3ccccc3Oc3cc(-c4cc[c-]c(-c5cc6ccccc6cn5)c4)cc1c32.[Ir]. The van der Waals surface area contributed by atoms with Crippen LogP contribution in [0.3, 0.4) is 0 Å². The maximum absolute atomic E-state index is 6.60. The first-order valence-electron chi connectivity index (χ1n) is 13.3. The van der Waals surface area contributed by atoms with Gasteiger partial charge in [0, 0.05) is 31.7 Å². The minimum absolute atomic E-state index is 0. The third-order valence-electron chi connectivity index (χ3n) is 8.16. The fourth-order valence-electron chi connectivity index (χ4n) is 6.14. The van der Waals surface area contributed by atoms with E-state index >= 15 is 0 Å². The molecule has 1 aromatic heterocycles. The van der Waals surface area contributed by atoms with Gasteiger partial charge in [0.2, 0.25) is 0 Å². The van der Waals surface area contributed by atoms with E-state index in [0.29, 0.717) is 0 Å². The minimum atomic E-state index is -0.202. The normalized spacial score (nSPS) is 13.9. The van der Waals surface area contributed by atoms with E-state index in [1.165, 1.54) is 22.2 Å². The number of rotatable bonds is 2. The first kappa shape index (κ1) is 24.8. The number of benzene rings is 5. The average molecular weight is 694 g/mol. The molecule has 0 amide bonds. The van der Waals surface area contributed by atoms with Crippen LogP contribution in [0.1, 0.15) is 25.0 Å². The van der Waals surface area contributed by atoms with E-state index in [-0.39, 0.29) is 25.5 Å². The van der Waals surface area contributed by atoms with Crippen molar-refractivity contribution in [1.82, 2.24) is 4.98 Å². The van der Waals surface area contributed by atoms with Crippen molar-refractivity contribution in [3.63, 3.8) is 0 Å². The molecule has 0 saturated heterocycles. The Balaban J connectivity index is 0.00000264. The van der Waals surface area contributed by atoms with Crippen LogP contribution in [0.4, 0.5) is 17.1 Å². The Morgan fingerprint density at radius 2 is 1.45 bits per heavy atom. The van der Waals surface area contributed by atoms with Gasteiger partial charge >= 0.3 is 0 Å². The number of hydrogen-bond donors (Lipinski definition) is 0. The number of nitrogens with zero attached hydrogens (tertiary/aromatic N) is 2. The largest absolute Gasteiger partial charge is 0.453 e. The van der Waals surface area contributed by atoms with E-state index < -0.39 is 0 Å². The Bertz CT molecular complexity index is 1940. The van der Waals surface area contributed by atoms with Crippen LogP contribution in [0.5, 0.6) is 11.5 Å². The minimum Gasteiger partial charge on any atom is -0.453 e. The van der Waals surface area contributed by atoms with Gasteiger partial charge < -0.3 is 14.6 Å². The van der Waals surface area contributed by atoms with Crippen LogP contribution in [0.15, 0.2) is 115 Å². The number of hydrogen-bond acceptors (Lipinski definition) is 3. The molecular formula is C36H25IrN2O-. The molecule has 4 heteroatoms. The van der Waals surface area contributed by atoms with Gasteiger partial charge in [-0.05, 0) is 63.5 Å². The number of pyridine rings is 1. The molecule has 1 radical (unpaired) electrons. The summed E-state index contributed by atoms with van der Waals surface area (Å²) in [5.41, 5.74) is 9.88. The summed E-state index contributed by atoms with van der Waals surface area (Å²) >= 11 is 0. The topological polar surface area (TPSA) is 25.4 Å². The van der Waals surface area contributed by atoms with Gasteiger partial charge in [-0.2, -0.15) is 0 Å². The molecule has 8 rings (SSSR count). The van der Waals surface area contributed by atoms with Crippen LogP contribution in [-0.4, -0.2) is 4.98 Å². The van der Waals surface area contributed by atoms with Crippen molar-refractivity contribution >= 4 is 27.8 Å². The van der Waals surface area contributed by atoms with Gasteiger partial charge in [-0.3, -0.25) is 0 Å². The molecule has 3 nitrogen and oxygen atoms in total. The molecule has 2 aliphatic heterocycles. The molecular weight excluding hydrogens is 669 g/mol. The monoisotopic (exact) mass is 694 g/mol. The molecule has 2 aliphatic rings. The van der Waals surface area contributed by atoms with Crippen LogP contribution in [0.2, 0.25) is 0 Å². The van der Waals surface area contributed by atoms with Gasteiger partial charge in [-0.25, -0.2) is 0 Å². The third-order valence-corrected chi connectivity index (χ3v) is 8.16. The number of aromatic nitrogens is 1. The molecule has 195 valence electrons. The van der Waals surface area contributed by atoms with Crippen LogP contribution >= 0.6 is 0 Å². The second kappa shape index (κ2) is 9.16. The fraction of sp³-hybridized carbons (Fsp3) is 0.0833. The predicted molar refractivity (Wildman–Crippen MR) is 158 cm³/mol. The second-order valence-corrected chi connectivity index (χ2v) is 10.8. The molecule has 3 heterocycles. The van der Waals surface area contributed by atoms with Crippen LogP contribution in [-0.2, 0) is 25.5 Å². The van der Waals surface area contributed by atoms with Gasteiger partial charge in [0.25, 0.3) is 0 Å². The summed E-state index contributed by atoms with van der Waals surface area (Å²) < 4.78 is 6.60. The number of para-hydroxylation sites is 3. The second-order valence-electron chi connectivity index (χ2n) is 10.8. The molecule has 40 heavy (non-hydrogen) atoms. The van der Waals surface area contributed by atoms with E-state index in [4.69, 9.17) is 9.72 Å². The quantitative estimate of drug-likeness (QED) is 0.169. The standard InChI is InChI=1S/C36H25N2O.Ir/c1-36(2)28-14-5-6-15-31(28)38-32-16-7-8-17-33(32)39-34-21-27(19-29(36)35(34)38)23-12-9-13-25(18-23)30-20-24-10-3-4-11-26(24)22-37-30;/h3-12,14-22H,1-2H3;/q-1;. The van der Waals surface area contributed by atoms with Crippen molar-refractivity contribution in [2.45, 2.75) is 19.3 Å². The smallest absolute Gasteiger partial charge is 0.152 e. The number of fused-ring (bicyclic) bond motifs is 5. The van der Waals surface area contributed by atoms with Gasteiger partial charge in [-0.1, -0.05) is 74.5 Å². The molecule has 0 N–H and O–H groups in total. The molecule has 0 spiro atoms. The number of ether oxygens (including phenoxy) is 1. The van der Waals surface area contributed by atoms with Crippen molar-refractivity contribution in [1.29, 1.82) is 0 Å². The van der Waals surface area contributed by atoms with Gasteiger partial charge in [0.05, 0.1) is 17.1 Å². The van der Waals surface area contributed by atoms with E-state index in [9.17, 15) is 0 Å². The summed E-state index contributed by atoms with van der Waals surface area (Å²) in [4.78, 5) is 7.12. The van der Waals surface area contributed by atoms with E-state index in [1.54, 1.807) is 0 Å². The van der Waals surface area contributed by atoms with Gasteiger partial charge in [-0.15, -0.1) is 35.4 Å². The average Bonchev–Trinajstić information content (AvgIpc) is 2.98. The summed E-state index contributed by atoms with van der Waals surface area (Å²) in [6, 6.07) is 41.7.